The van der Waals surface area contributed by atoms with E-state index in [-0.39, 0.29) is 24.0 Å². The highest BCUT2D eigenvalue weighted by atomic mass is 127. The van der Waals surface area contributed by atoms with Gasteiger partial charge in [-0.15, -0.1) is 24.0 Å². The Labute approximate surface area is 162 Å². The average Bonchev–Trinajstić information content (AvgIpc) is 2.97. The van der Waals surface area contributed by atoms with E-state index in [0.717, 1.165) is 31.0 Å². The Kier molecular flexibility index (Phi) is 9.44. The second-order valence-electron chi connectivity index (χ2n) is 5.71. The maximum Gasteiger partial charge on any atom is 0.191 e. The van der Waals surface area contributed by atoms with Gasteiger partial charge in [-0.2, -0.15) is 5.10 Å². The molecule has 0 bridgehead atoms. The molecule has 2 N–H and O–H groups in total. The Hall–Kier alpha value is -1.57. The molecule has 0 saturated carbocycles. The minimum Gasteiger partial charge on any atom is -0.357 e. The van der Waals surface area contributed by atoms with Crippen molar-refractivity contribution in [3.05, 3.63) is 53.9 Å². The summed E-state index contributed by atoms with van der Waals surface area (Å²) in [5, 5.41) is 11.0. The van der Waals surface area contributed by atoms with Gasteiger partial charge >= 0.3 is 0 Å². The summed E-state index contributed by atoms with van der Waals surface area (Å²) in [7, 11) is 1.94. The van der Waals surface area contributed by atoms with Crippen molar-refractivity contribution in [1.29, 1.82) is 0 Å². The number of nitrogens with one attached hydrogen (secondary N) is 2. The highest BCUT2D eigenvalue weighted by Gasteiger charge is 2.06. The van der Waals surface area contributed by atoms with Crippen LogP contribution in [0.4, 0.5) is 0 Å². The molecule has 0 amide bonds. The van der Waals surface area contributed by atoms with E-state index >= 15 is 0 Å². The summed E-state index contributed by atoms with van der Waals surface area (Å²) < 4.78 is 1.85. The quantitative estimate of drug-likeness (QED) is 0.395. The predicted octanol–water partition coefficient (Wildman–Crippen LogP) is 3.11. The van der Waals surface area contributed by atoms with Crippen molar-refractivity contribution in [2.45, 2.75) is 39.3 Å². The smallest absolute Gasteiger partial charge is 0.191 e. The molecule has 1 atom stereocenters. The summed E-state index contributed by atoms with van der Waals surface area (Å²) in [6, 6.07) is 12.9. The normalized spacial score (nSPS) is 12.4. The fraction of sp³-hybridized carbons (Fsp3) is 0.444. The Morgan fingerprint density at radius 3 is 2.62 bits per heavy atom. The van der Waals surface area contributed by atoms with Gasteiger partial charge in [-0.1, -0.05) is 30.3 Å². The van der Waals surface area contributed by atoms with E-state index < -0.39 is 0 Å². The molecule has 0 fully saturated rings. The number of aryl methyl sites for hydroxylation is 2. The van der Waals surface area contributed by atoms with Crippen molar-refractivity contribution in [3.8, 4) is 0 Å². The minimum atomic E-state index is 0. The summed E-state index contributed by atoms with van der Waals surface area (Å²) >= 11 is 0. The first-order valence-corrected chi connectivity index (χ1v) is 8.24. The molecule has 0 radical (unpaired) electrons. The van der Waals surface area contributed by atoms with Crippen molar-refractivity contribution in [2.75, 3.05) is 6.54 Å². The lowest BCUT2D eigenvalue weighted by Gasteiger charge is -2.18. The first kappa shape index (κ1) is 20.5. The van der Waals surface area contributed by atoms with E-state index in [1.54, 1.807) is 6.20 Å². The van der Waals surface area contributed by atoms with Crippen molar-refractivity contribution >= 4 is 29.9 Å². The van der Waals surface area contributed by atoms with Crippen molar-refractivity contribution in [2.24, 2.45) is 12.0 Å². The standard InChI is InChI=1S/C18H27N5.HI/c1-4-19-18(20-14-17-12-13-21-23(17)3)22-15(2)10-11-16-8-6-5-7-9-16;/h5-9,12-13,15H,4,10-11,14H2,1-3H3,(H2,19,20,22);1H. The van der Waals surface area contributed by atoms with Crippen molar-refractivity contribution in [3.63, 3.8) is 0 Å². The monoisotopic (exact) mass is 441 g/mol. The summed E-state index contributed by atoms with van der Waals surface area (Å²) in [5.74, 6) is 0.856. The number of halogens is 1. The van der Waals surface area contributed by atoms with Crippen LogP contribution in [0.2, 0.25) is 0 Å². The number of guanidine groups is 1. The molecule has 2 aromatic rings. The lowest BCUT2D eigenvalue weighted by molar-refractivity contribution is 0.592. The van der Waals surface area contributed by atoms with E-state index in [0.29, 0.717) is 12.6 Å². The average molecular weight is 441 g/mol. The van der Waals surface area contributed by atoms with Crippen LogP contribution in [-0.2, 0) is 20.0 Å². The lowest BCUT2D eigenvalue weighted by Crippen LogP contribution is -2.42. The fourth-order valence-electron chi connectivity index (χ4n) is 2.37. The molecule has 0 aliphatic carbocycles. The maximum absolute atomic E-state index is 4.65. The molecule has 2 rings (SSSR count). The number of hydrogen-bond donors (Lipinski definition) is 2. The number of aromatic nitrogens is 2. The number of rotatable bonds is 7. The highest BCUT2D eigenvalue weighted by Crippen LogP contribution is 2.05. The molecule has 1 unspecified atom stereocenters. The van der Waals surface area contributed by atoms with Crippen LogP contribution in [0.25, 0.3) is 0 Å². The van der Waals surface area contributed by atoms with Gasteiger partial charge in [0.05, 0.1) is 12.2 Å². The third kappa shape index (κ3) is 6.90. The Bertz CT molecular complexity index is 609. The van der Waals surface area contributed by atoms with Crippen LogP contribution in [0.1, 0.15) is 31.5 Å². The third-order valence-electron chi connectivity index (χ3n) is 3.76. The SMILES string of the molecule is CCNC(=NCc1ccnn1C)NC(C)CCc1ccccc1.I. The van der Waals surface area contributed by atoms with Gasteiger partial charge in [0.1, 0.15) is 0 Å². The minimum absolute atomic E-state index is 0. The molecule has 5 nitrogen and oxygen atoms in total. The summed E-state index contributed by atoms with van der Waals surface area (Å²) in [6.45, 7) is 5.75. The first-order chi connectivity index (χ1) is 11.2. The van der Waals surface area contributed by atoms with E-state index in [4.69, 9.17) is 0 Å². The largest absolute Gasteiger partial charge is 0.357 e. The lowest BCUT2D eigenvalue weighted by atomic mass is 10.1. The molecule has 1 aromatic heterocycles. The highest BCUT2D eigenvalue weighted by molar-refractivity contribution is 14.0. The second kappa shape index (κ2) is 11.1. The molecule has 0 saturated heterocycles. The summed E-state index contributed by atoms with van der Waals surface area (Å²) in [5.41, 5.74) is 2.47. The van der Waals surface area contributed by atoms with Gasteiger partial charge in [0.2, 0.25) is 0 Å². The van der Waals surface area contributed by atoms with Gasteiger partial charge in [-0.25, -0.2) is 4.99 Å². The molecule has 0 spiro atoms. The van der Waals surface area contributed by atoms with Crippen LogP contribution < -0.4 is 10.6 Å². The van der Waals surface area contributed by atoms with Gasteiger partial charge in [0.25, 0.3) is 0 Å². The summed E-state index contributed by atoms with van der Waals surface area (Å²) in [4.78, 5) is 4.65. The molecule has 1 aromatic carbocycles. The Morgan fingerprint density at radius 2 is 2.00 bits per heavy atom. The molecule has 132 valence electrons. The van der Waals surface area contributed by atoms with Gasteiger partial charge < -0.3 is 10.6 Å². The molecular formula is C18H28IN5. The maximum atomic E-state index is 4.65. The van der Waals surface area contributed by atoms with Gasteiger partial charge in [0.15, 0.2) is 5.96 Å². The molecule has 24 heavy (non-hydrogen) atoms. The molecular weight excluding hydrogens is 413 g/mol. The van der Waals surface area contributed by atoms with E-state index in [1.807, 2.05) is 17.8 Å². The van der Waals surface area contributed by atoms with Crippen LogP contribution in [0.15, 0.2) is 47.6 Å². The van der Waals surface area contributed by atoms with Crippen molar-refractivity contribution in [1.82, 2.24) is 20.4 Å². The molecule has 6 heteroatoms. The Morgan fingerprint density at radius 1 is 1.25 bits per heavy atom. The van der Waals surface area contributed by atoms with E-state index in [1.165, 1.54) is 5.56 Å². The van der Waals surface area contributed by atoms with Crippen LogP contribution >= 0.6 is 24.0 Å². The molecule has 1 heterocycles. The van der Waals surface area contributed by atoms with Crippen molar-refractivity contribution < 1.29 is 0 Å². The number of nitrogens with zero attached hydrogens (tertiary/aromatic N) is 3. The zero-order valence-corrected chi connectivity index (χ0v) is 17.0. The van der Waals surface area contributed by atoms with Gasteiger partial charge in [0, 0.05) is 25.8 Å². The number of benzene rings is 1. The molecule has 0 aliphatic rings. The van der Waals surface area contributed by atoms with Crippen LogP contribution in [0.5, 0.6) is 0 Å². The third-order valence-corrected chi connectivity index (χ3v) is 3.76. The fourth-order valence-corrected chi connectivity index (χ4v) is 2.37. The zero-order valence-electron chi connectivity index (χ0n) is 14.7. The Balaban J connectivity index is 0.00000288. The second-order valence-corrected chi connectivity index (χ2v) is 5.71. The van der Waals surface area contributed by atoms with Gasteiger partial charge in [-0.05, 0) is 38.3 Å². The zero-order chi connectivity index (χ0) is 16.5. The van der Waals surface area contributed by atoms with E-state index in [9.17, 15) is 0 Å². The van der Waals surface area contributed by atoms with Gasteiger partial charge in [-0.3, -0.25) is 4.68 Å². The number of hydrogen-bond acceptors (Lipinski definition) is 2. The number of aliphatic imine (C=N–C) groups is 1. The van der Waals surface area contributed by atoms with Crippen LogP contribution in [-0.4, -0.2) is 28.3 Å². The van der Waals surface area contributed by atoms with E-state index in [2.05, 4.69) is 64.9 Å². The topological polar surface area (TPSA) is 54.2 Å². The van der Waals surface area contributed by atoms with Crippen LogP contribution in [0, 0.1) is 0 Å². The molecule has 0 aliphatic heterocycles. The first-order valence-electron chi connectivity index (χ1n) is 8.24. The van der Waals surface area contributed by atoms with Crippen LogP contribution in [0.3, 0.4) is 0 Å². The predicted molar refractivity (Wildman–Crippen MR) is 111 cm³/mol. The summed E-state index contributed by atoms with van der Waals surface area (Å²) in [6.07, 6.45) is 3.93.